The highest BCUT2D eigenvalue weighted by Crippen LogP contribution is 2.25. The van der Waals surface area contributed by atoms with Crippen molar-refractivity contribution >= 4 is 11.9 Å². The van der Waals surface area contributed by atoms with Gasteiger partial charge in [0.25, 0.3) is 5.91 Å². The summed E-state index contributed by atoms with van der Waals surface area (Å²) < 4.78 is 31.9. The van der Waals surface area contributed by atoms with Crippen molar-refractivity contribution in [1.82, 2.24) is 4.90 Å². The van der Waals surface area contributed by atoms with Gasteiger partial charge in [0.15, 0.2) is 11.6 Å². The summed E-state index contributed by atoms with van der Waals surface area (Å²) >= 11 is 0. The van der Waals surface area contributed by atoms with Crippen molar-refractivity contribution in [2.45, 2.75) is 26.3 Å². The summed E-state index contributed by atoms with van der Waals surface area (Å²) in [5, 5.41) is 8.80. The molecule has 0 atom stereocenters. The molecule has 0 fully saturated rings. The van der Waals surface area contributed by atoms with Crippen molar-refractivity contribution in [3.63, 3.8) is 0 Å². The number of amides is 1. The molecule has 7 heteroatoms. The van der Waals surface area contributed by atoms with Gasteiger partial charge in [-0.25, -0.2) is 8.78 Å². The number of halogens is 2. The second-order valence-corrected chi connectivity index (χ2v) is 5.94. The van der Waals surface area contributed by atoms with Crippen molar-refractivity contribution < 1.29 is 28.2 Å². The fourth-order valence-corrected chi connectivity index (χ4v) is 2.33. The van der Waals surface area contributed by atoms with Crippen molar-refractivity contribution in [3.8, 4) is 11.5 Å². The number of ether oxygens (including phenoxy) is 1. The van der Waals surface area contributed by atoms with Gasteiger partial charge in [-0.1, -0.05) is 0 Å². The van der Waals surface area contributed by atoms with Gasteiger partial charge in [0.05, 0.1) is 6.42 Å². The first-order valence-electron chi connectivity index (χ1n) is 8.03. The summed E-state index contributed by atoms with van der Waals surface area (Å²) in [5.74, 6) is -2.66. The molecule has 0 aliphatic carbocycles. The Bertz CT molecular complexity index is 791. The molecule has 0 saturated heterocycles. The first kappa shape index (κ1) is 19.4. The highest BCUT2D eigenvalue weighted by molar-refractivity contribution is 5.94. The molecule has 0 heterocycles. The number of hydrogen-bond donors (Lipinski definition) is 1. The van der Waals surface area contributed by atoms with Crippen molar-refractivity contribution in [2.75, 3.05) is 6.54 Å². The van der Waals surface area contributed by atoms with E-state index in [9.17, 15) is 18.4 Å². The van der Waals surface area contributed by atoms with Gasteiger partial charge < -0.3 is 14.7 Å². The monoisotopic (exact) mass is 363 g/mol. The molecule has 0 bridgehead atoms. The number of benzene rings is 2. The molecule has 5 nitrogen and oxygen atoms in total. The molecule has 1 amide bonds. The second-order valence-electron chi connectivity index (χ2n) is 5.94. The molecule has 2 aromatic carbocycles. The smallest absolute Gasteiger partial charge is 0.305 e. The summed E-state index contributed by atoms with van der Waals surface area (Å²) in [6, 6.07) is 8.82. The van der Waals surface area contributed by atoms with Crippen LogP contribution in [-0.4, -0.2) is 34.5 Å². The van der Waals surface area contributed by atoms with Crippen LogP contribution < -0.4 is 4.74 Å². The third-order valence-corrected chi connectivity index (χ3v) is 3.67. The number of hydrogen-bond acceptors (Lipinski definition) is 3. The SMILES string of the molecule is CC(C)N(CCC(=O)O)C(=O)c1ccc(Oc2ccc(F)cc2F)cc1. The lowest BCUT2D eigenvalue weighted by molar-refractivity contribution is -0.137. The van der Waals surface area contributed by atoms with Gasteiger partial charge >= 0.3 is 5.97 Å². The highest BCUT2D eigenvalue weighted by Gasteiger charge is 2.19. The number of carbonyl (C=O) groups excluding carboxylic acids is 1. The molecule has 0 radical (unpaired) electrons. The summed E-state index contributed by atoms with van der Waals surface area (Å²) in [7, 11) is 0. The Kier molecular flexibility index (Phi) is 6.27. The summed E-state index contributed by atoms with van der Waals surface area (Å²) in [6.45, 7) is 3.70. The maximum Gasteiger partial charge on any atom is 0.305 e. The third-order valence-electron chi connectivity index (χ3n) is 3.67. The van der Waals surface area contributed by atoms with Crippen LogP contribution in [0.15, 0.2) is 42.5 Å². The van der Waals surface area contributed by atoms with E-state index in [0.29, 0.717) is 5.56 Å². The second kappa shape index (κ2) is 8.42. The first-order valence-corrected chi connectivity index (χ1v) is 8.03. The van der Waals surface area contributed by atoms with E-state index in [1.165, 1.54) is 35.2 Å². The fourth-order valence-electron chi connectivity index (χ4n) is 2.33. The van der Waals surface area contributed by atoms with Crippen LogP contribution in [-0.2, 0) is 4.79 Å². The van der Waals surface area contributed by atoms with E-state index in [1.54, 1.807) is 13.8 Å². The Morgan fingerprint density at radius 1 is 1.12 bits per heavy atom. The lowest BCUT2D eigenvalue weighted by Crippen LogP contribution is -2.38. The van der Waals surface area contributed by atoms with Gasteiger partial charge in [0, 0.05) is 24.2 Å². The molecule has 2 aromatic rings. The van der Waals surface area contributed by atoms with Crippen LogP contribution in [0.3, 0.4) is 0 Å². The molecule has 0 aliphatic heterocycles. The summed E-state index contributed by atoms with van der Waals surface area (Å²) in [5.41, 5.74) is 0.357. The third kappa shape index (κ3) is 5.02. The Balaban J connectivity index is 2.11. The fraction of sp³-hybridized carbons (Fsp3) is 0.263. The Hall–Kier alpha value is -2.96. The molecule has 0 saturated carbocycles. The average Bonchev–Trinajstić information content (AvgIpc) is 2.57. The van der Waals surface area contributed by atoms with E-state index in [1.807, 2.05) is 0 Å². The van der Waals surface area contributed by atoms with Crippen LogP contribution in [0.2, 0.25) is 0 Å². The molecule has 138 valence electrons. The number of carboxylic acids is 1. The predicted molar refractivity (Wildman–Crippen MR) is 91.3 cm³/mol. The van der Waals surface area contributed by atoms with Crippen LogP contribution in [0.1, 0.15) is 30.6 Å². The summed E-state index contributed by atoms with van der Waals surface area (Å²) in [6.07, 6.45) is -0.144. The molecule has 26 heavy (non-hydrogen) atoms. The maximum atomic E-state index is 13.6. The zero-order valence-electron chi connectivity index (χ0n) is 14.4. The molecule has 0 unspecified atom stereocenters. The Morgan fingerprint density at radius 3 is 2.31 bits per heavy atom. The standard InChI is InChI=1S/C19H19F2NO4/c1-12(2)22(10-9-18(23)24)19(25)13-3-6-15(7-4-13)26-17-8-5-14(20)11-16(17)21/h3-8,11-12H,9-10H2,1-2H3,(H,23,24). The normalized spacial score (nSPS) is 10.7. The van der Waals surface area contributed by atoms with E-state index in [2.05, 4.69) is 0 Å². The molecule has 1 N–H and O–H groups in total. The topological polar surface area (TPSA) is 66.8 Å². The van der Waals surface area contributed by atoms with E-state index in [0.717, 1.165) is 12.1 Å². The Morgan fingerprint density at radius 2 is 1.77 bits per heavy atom. The van der Waals surface area contributed by atoms with E-state index < -0.39 is 17.6 Å². The molecule has 0 spiro atoms. The van der Waals surface area contributed by atoms with Gasteiger partial charge in [-0.2, -0.15) is 0 Å². The minimum atomic E-state index is -0.978. The van der Waals surface area contributed by atoms with Gasteiger partial charge in [0.2, 0.25) is 0 Å². The number of aliphatic carboxylic acids is 1. The zero-order chi connectivity index (χ0) is 19.3. The van der Waals surface area contributed by atoms with Gasteiger partial charge in [0.1, 0.15) is 11.6 Å². The van der Waals surface area contributed by atoms with Gasteiger partial charge in [-0.3, -0.25) is 9.59 Å². The van der Waals surface area contributed by atoms with Crippen LogP contribution in [0.4, 0.5) is 8.78 Å². The van der Waals surface area contributed by atoms with E-state index in [-0.39, 0.29) is 36.4 Å². The molecular weight excluding hydrogens is 344 g/mol. The van der Waals surface area contributed by atoms with Crippen molar-refractivity contribution in [3.05, 3.63) is 59.7 Å². The molecule has 0 aliphatic rings. The average molecular weight is 363 g/mol. The van der Waals surface area contributed by atoms with Crippen LogP contribution in [0, 0.1) is 11.6 Å². The predicted octanol–water partition coefficient (Wildman–Crippen LogP) is 4.08. The number of carbonyl (C=O) groups is 2. The van der Waals surface area contributed by atoms with Crippen molar-refractivity contribution in [1.29, 1.82) is 0 Å². The van der Waals surface area contributed by atoms with E-state index in [4.69, 9.17) is 9.84 Å². The number of carboxylic acid groups (broad SMARTS) is 1. The van der Waals surface area contributed by atoms with E-state index >= 15 is 0 Å². The highest BCUT2D eigenvalue weighted by atomic mass is 19.1. The van der Waals surface area contributed by atoms with Crippen LogP contribution in [0.5, 0.6) is 11.5 Å². The first-order chi connectivity index (χ1) is 12.3. The minimum Gasteiger partial charge on any atom is -0.481 e. The quantitative estimate of drug-likeness (QED) is 0.805. The molecule has 0 aromatic heterocycles. The lowest BCUT2D eigenvalue weighted by Gasteiger charge is -2.26. The zero-order valence-corrected chi connectivity index (χ0v) is 14.4. The van der Waals surface area contributed by atoms with Crippen molar-refractivity contribution in [2.24, 2.45) is 0 Å². The van der Waals surface area contributed by atoms with Crippen LogP contribution in [0.25, 0.3) is 0 Å². The molecular formula is C19H19F2NO4. The van der Waals surface area contributed by atoms with Crippen LogP contribution >= 0.6 is 0 Å². The number of nitrogens with zero attached hydrogens (tertiary/aromatic N) is 1. The Labute approximate surface area is 149 Å². The minimum absolute atomic E-state index is 0.102. The maximum absolute atomic E-state index is 13.6. The van der Waals surface area contributed by atoms with Gasteiger partial charge in [-0.05, 0) is 50.2 Å². The summed E-state index contributed by atoms with van der Waals surface area (Å²) in [4.78, 5) is 24.8. The number of rotatable bonds is 7. The molecule has 2 rings (SSSR count). The largest absolute Gasteiger partial charge is 0.481 e. The van der Waals surface area contributed by atoms with Gasteiger partial charge in [-0.15, -0.1) is 0 Å². The lowest BCUT2D eigenvalue weighted by atomic mass is 10.1.